The number of carbonyl (C=O) groups is 2. The lowest BCUT2D eigenvalue weighted by Gasteiger charge is -2.23. The minimum atomic E-state index is -4.24. The third-order valence-corrected chi connectivity index (χ3v) is 7.50. The molecule has 3 rings (SSSR count). The maximum Gasteiger partial charge on any atom is 0.344 e. The molecule has 12 nitrogen and oxygen atoms in total. The second-order valence-electron chi connectivity index (χ2n) is 7.97. The highest BCUT2D eigenvalue weighted by atomic mass is 32.2. The first-order valence-electron chi connectivity index (χ1n) is 11.7. The molecule has 0 atom stereocenters. The topological polar surface area (TPSA) is 158 Å². The fraction of sp³-hybridized carbons (Fsp3) is 0.192. The second-order valence-corrected chi connectivity index (χ2v) is 10.8. The quantitative estimate of drug-likeness (QED) is 0.0984. The number of nitro benzene ring substituents is 1. The van der Waals surface area contributed by atoms with Gasteiger partial charge in [0.25, 0.3) is 21.6 Å². The van der Waals surface area contributed by atoms with Crippen LogP contribution in [0, 0.1) is 10.1 Å². The summed E-state index contributed by atoms with van der Waals surface area (Å²) in [4.78, 5) is 34.8. The molecular weight excluding hydrogens is 560 g/mol. The average molecular weight is 587 g/mol. The van der Waals surface area contributed by atoms with Gasteiger partial charge in [-0.2, -0.15) is 16.9 Å². The van der Waals surface area contributed by atoms with Crippen LogP contribution in [0.25, 0.3) is 0 Å². The standard InChI is InChI=1S/C26H26N4O8S2/c1-39-15-14-37-26(32)19-38-23-12-10-20(11-13-23)17-27-28-25(31)18-29(21-6-5-7-22(16-21)30(33)34)40(35,36)24-8-3-2-4-9-24/h2-13,16-17H,14-15,18-19H2,1H3,(H,28,31). The summed E-state index contributed by atoms with van der Waals surface area (Å²) in [7, 11) is -4.24. The molecule has 0 radical (unpaired) electrons. The highest BCUT2D eigenvalue weighted by molar-refractivity contribution is 7.98. The molecule has 14 heteroatoms. The fourth-order valence-corrected chi connectivity index (χ4v) is 4.90. The van der Waals surface area contributed by atoms with Gasteiger partial charge in [-0.25, -0.2) is 18.6 Å². The van der Waals surface area contributed by atoms with Crippen LogP contribution in [0.15, 0.2) is 88.9 Å². The van der Waals surface area contributed by atoms with E-state index in [1.54, 1.807) is 42.1 Å². The number of nitrogens with one attached hydrogen (secondary N) is 1. The number of amides is 1. The monoisotopic (exact) mass is 586 g/mol. The highest BCUT2D eigenvalue weighted by Gasteiger charge is 2.28. The van der Waals surface area contributed by atoms with Gasteiger partial charge in [-0.05, 0) is 54.3 Å². The van der Waals surface area contributed by atoms with E-state index in [-0.39, 0.29) is 22.9 Å². The molecule has 3 aromatic carbocycles. The third-order valence-electron chi connectivity index (χ3n) is 5.14. The molecule has 0 aliphatic rings. The molecular formula is C26H26N4O8S2. The Hall–Kier alpha value is -4.43. The van der Waals surface area contributed by atoms with E-state index in [4.69, 9.17) is 9.47 Å². The number of anilines is 1. The van der Waals surface area contributed by atoms with Crippen molar-refractivity contribution in [3.8, 4) is 5.75 Å². The van der Waals surface area contributed by atoms with Crippen molar-refractivity contribution in [3.63, 3.8) is 0 Å². The summed E-state index contributed by atoms with van der Waals surface area (Å²) in [6, 6.07) is 18.9. The number of ether oxygens (including phenoxy) is 2. The Labute approximate surface area is 235 Å². The molecule has 0 unspecified atom stereocenters. The number of thioether (sulfide) groups is 1. The number of non-ortho nitro benzene ring substituents is 1. The number of hydrogen-bond acceptors (Lipinski definition) is 10. The highest BCUT2D eigenvalue weighted by Crippen LogP contribution is 2.26. The normalized spacial score (nSPS) is 11.1. The Kier molecular flexibility index (Phi) is 11.0. The van der Waals surface area contributed by atoms with Crippen molar-refractivity contribution in [1.82, 2.24) is 5.43 Å². The van der Waals surface area contributed by atoms with E-state index >= 15 is 0 Å². The molecule has 0 aliphatic heterocycles. The first-order chi connectivity index (χ1) is 19.2. The number of sulfonamides is 1. The van der Waals surface area contributed by atoms with E-state index in [0.29, 0.717) is 23.7 Å². The zero-order chi connectivity index (χ0) is 29.0. The number of nitrogens with zero attached hydrogens (tertiary/aromatic N) is 3. The van der Waals surface area contributed by atoms with Crippen LogP contribution in [-0.4, -0.2) is 63.2 Å². The predicted octanol–water partition coefficient (Wildman–Crippen LogP) is 3.23. The predicted molar refractivity (Wildman–Crippen MR) is 151 cm³/mol. The van der Waals surface area contributed by atoms with Crippen LogP contribution in [0.3, 0.4) is 0 Å². The average Bonchev–Trinajstić information content (AvgIpc) is 2.96. The Balaban J connectivity index is 1.65. The maximum atomic E-state index is 13.3. The molecule has 1 N–H and O–H groups in total. The van der Waals surface area contributed by atoms with E-state index in [1.807, 2.05) is 6.26 Å². The van der Waals surface area contributed by atoms with Crippen molar-refractivity contribution in [2.45, 2.75) is 4.90 Å². The summed E-state index contributed by atoms with van der Waals surface area (Å²) in [6.07, 6.45) is 3.24. The summed E-state index contributed by atoms with van der Waals surface area (Å²) < 4.78 is 37.8. The number of nitro groups is 1. The van der Waals surface area contributed by atoms with Gasteiger partial charge in [0.1, 0.15) is 18.9 Å². The number of hydrazone groups is 1. The Bertz CT molecular complexity index is 1450. The van der Waals surface area contributed by atoms with Gasteiger partial charge in [-0.3, -0.25) is 19.2 Å². The van der Waals surface area contributed by atoms with Crippen LogP contribution in [0.2, 0.25) is 0 Å². The molecule has 1 amide bonds. The van der Waals surface area contributed by atoms with Crippen LogP contribution in [0.4, 0.5) is 11.4 Å². The minimum absolute atomic E-state index is 0.0547. The molecule has 0 spiro atoms. The van der Waals surface area contributed by atoms with Gasteiger partial charge in [0.2, 0.25) is 0 Å². The van der Waals surface area contributed by atoms with Gasteiger partial charge in [-0.1, -0.05) is 24.3 Å². The van der Waals surface area contributed by atoms with Gasteiger partial charge in [0.05, 0.1) is 21.7 Å². The summed E-state index contributed by atoms with van der Waals surface area (Å²) in [6.45, 7) is -0.605. The van der Waals surface area contributed by atoms with E-state index in [1.165, 1.54) is 48.7 Å². The lowest BCUT2D eigenvalue weighted by molar-refractivity contribution is -0.384. The lowest BCUT2D eigenvalue weighted by Crippen LogP contribution is -2.39. The largest absolute Gasteiger partial charge is 0.482 e. The van der Waals surface area contributed by atoms with Crippen molar-refractivity contribution in [1.29, 1.82) is 0 Å². The molecule has 0 fully saturated rings. The Morgan fingerprint density at radius 2 is 1.80 bits per heavy atom. The summed E-state index contributed by atoms with van der Waals surface area (Å²) in [5.41, 5.74) is 2.47. The van der Waals surface area contributed by atoms with Crippen molar-refractivity contribution < 1.29 is 32.4 Å². The number of esters is 1. The molecule has 3 aromatic rings. The SMILES string of the molecule is CSCCOC(=O)COc1ccc(C=NNC(=O)CN(c2cccc([N+](=O)[O-])c2)S(=O)(=O)c2ccccc2)cc1. The molecule has 40 heavy (non-hydrogen) atoms. The number of rotatable bonds is 14. The first kappa shape index (κ1) is 30.1. The van der Waals surface area contributed by atoms with Gasteiger partial charge >= 0.3 is 5.97 Å². The molecule has 0 bridgehead atoms. The minimum Gasteiger partial charge on any atom is -0.482 e. The first-order valence-corrected chi connectivity index (χ1v) is 14.6. The van der Waals surface area contributed by atoms with Crippen LogP contribution >= 0.6 is 11.8 Å². The van der Waals surface area contributed by atoms with E-state index in [9.17, 15) is 28.1 Å². The fourth-order valence-electron chi connectivity index (χ4n) is 3.21. The van der Waals surface area contributed by atoms with Crippen LogP contribution < -0.4 is 14.5 Å². The molecule has 0 saturated carbocycles. The molecule has 0 saturated heterocycles. The van der Waals surface area contributed by atoms with Crippen molar-refractivity contribution in [2.75, 3.05) is 36.1 Å². The van der Waals surface area contributed by atoms with Gasteiger partial charge in [0.15, 0.2) is 6.61 Å². The van der Waals surface area contributed by atoms with Gasteiger partial charge in [-0.15, -0.1) is 0 Å². The maximum absolute atomic E-state index is 13.3. The number of hydrogen-bond donors (Lipinski definition) is 1. The summed E-state index contributed by atoms with van der Waals surface area (Å²) >= 11 is 1.56. The molecule has 0 heterocycles. The van der Waals surface area contributed by atoms with E-state index < -0.39 is 33.4 Å². The van der Waals surface area contributed by atoms with E-state index in [2.05, 4.69) is 10.5 Å². The third kappa shape index (κ3) is 8.81. The van der Waals surface area contributed by atoms with E-state index in [0.717, 1.165) is 10.4 Å². The second kappa shape index (κ2) is 14.6. The molecule has 0 aliphatic carbocycles. The molecule has 0 aromatic heterocycles. The zero-order valence-electron chi connectivity index (χ0n) is 21.3. The van der Waals surface area contributed by atoms with Crippen molar-refractivity contribution in [3.05, 3.63) is 94.5 Å². The number of carbonyl (C=O) groups excluding carboxylic acids is 2. The summed E-state index contributed by atoms with van der Waals surface area (Å²) in [5.74, 6) is -0.119. The number of benzene rings is 3. The van der Waals surface area contributed by atoms with Crippen molar-refractivity contribution in [2.24, 2.45) is 5.10 Å². The summed E-state index contributed by atoms with van der Waals surface area (Å²) in [5, 5.41) is 15.1. The lowest BCUT2D eigenvalue weighted by atomic mass is 10.2. The smallest absolute Gasteiger partial charge is 0.344 e. The molecule has 210 valence electrons. The van der Waals surface area contributed by atoms with Gasteiger partial charge in [0, 0.05) is 17.9 Å². The zero-order valence-corrected chi connectivity index (χ0v) is 23.0. The van der Waals surface area contributed by atoms with Crippen LogP contribution in [0.1, 0.15) is 5.56 Å². The van der Waals surface area contributed by atoms with Gasteiger partial charge < -0.3 is 9.47 Å². The van der Waals surface area contributed by atoms with Crippen LogP contribution in [0.5, 0.6) is 5.75 Å². The Morgan fingerprint density at radius 1 is 1.07 bits per heavy atom. The van der Waals surface area contributed by atoms with Crippen LogP contribution in [-0.2, 0) is 24.3 Å². The van der Waals surface area contributed by atoms with Crippen molar-refractivity contribution >= 4 is 51.3 Å². The Morgan fingerprint density at radius 3 is 2.48 bits per heavy atom.